The number of hydrogen-bond acceptors (Lipinski definition) is 4. The summed E-state index contributed by atoms with van der Waals surface area (Å²) in [5.41, 5.74) is 2.92. The van der Waals surface area contributed by atoms with E-state index in [0.717, 1.165) is 22.6 Å². The molecule has 0 aliphatic heterocycles. The molecular formula is C26H23NO3. The first-order chi connectivity index (χ1) is 14.8. The lowest BCUT2D eigenvalue weighted by Gasteiger charge is -2.12. The summed E-state index contributed by atoms with van der Waals surface area (Å²) in [5, 5.41) is 2.40. The minimum Gasteiger partial charge on any atom is -0.497 e. The van der Waals surface area contributed by atoms with Crippen molar-refractivity contribution in [1.82, 2.24) is 0 Å². The van der Waals surface area contributed by atoms with Crippen LogP contribution >= 0.6 is 0 Å². The standard InChI is InChI=1S/C26H23NO3/c1-28-23-13-11-22(12-14-23)27-17-19-10-15-25(26(16-19)29-2)30-18-21-8-5-7-20-6-3-4-9-24(20)21/h3-17H,18H2,1-2H3. The Balaban J connectivity index is 1.49. The van der Waals surface area contributed by atoms with Crippen molar-refractivity contribution in [3.05, 3.63) is 96.1 Å². The van der Waals surface area contributed by atoms with Gasteiger partial charge in [-0.05, 0) is 64.4 Å². The van der Waals surface area contributed by atoms with E-state index < -0.39 is 0 Å². The molecule has 0 atom stereocenters. The second-order valence-corrected chi connectivity index (χ2v) is 6.79. The first kappa shape index (κ1) is 19.5. The van der Waals surface area contributed by atoms with E-state index in [0.29, 0.717) is 18.1 Å². The number of aliphatic imine (C=N–C) groups is 1. The van der Waals surface area contributed by atoms with Crippen LogP contribution in [0.4, 0.5) is 5.69 Å². The Kier molecular flexibility index (Phi) is 5.95. The summed E-state index contributed by atoms with van der Waals surface area (Å²) in [5.74, 6) is 2.18. The molecule has 0 unspecified atom stereocenters. The molecule has 0 radical (unpaired) electrons. The summed E-state index contributed by atoms with van der Waals surface area (Å²) >= 11 is 0. The van der Waals surface area contributed by atoms with E-state index in [2.05, 4.69) is 35.3 Å². The van der Waals surface area contributed by atoms with Gasteiger partial charge in [-0.2, -0.15) is 0 Å². The third-order valence-electron chi connectivity index (χ3n) is 4.89. The Morgan fingerprint density at radius 1 is 0.767 bits per heavy atom. The third kappa shape index (κ3) is 4.44. The quantitative estimate of drug-likeness (QED) is 0.349. The van der Waals surface area contributed by atoms with Crippen molar-refractivity contribution in [1.29, 1.82) is 0 Å². The molecule has 0 aliphatic rings. The van der Waals surface area contributed by atoms with Crippen LogP contribution in [0.15, 0.2) is 89.9 Å². The van der Waals surface area contributed by atoms with Gasteiger partial charge in [-0.25, -0.2) is 0 Å². The zero-order valence-corrected chi connectivity index (χ0v) is 17.0. The molecule has 4 heteroatoms. The molecule has 30 heavy (non-hydrogen) atoms. The number of nitrogens with zero attached hydrogens (tertiary/aromatic N) is 1. The van der Waals surface area contributed by atoms with Gasteiger partial charge in [0.05, 0.1) is 19.9 Å². The molecule has 150 valence electrons. The van der Waals surface area contributed by atoms with Crippen LogP contribution in [0.5, 0.6) is 17.2 Å². The Morgan fingerprint density at radius 2 is 1.57 bits per heavy atom. The topological polar surface area (TPSA) is 40.0 Å². The van der Waals surface area contributed by atoms with E-state index in [9.17, 15) is 0 Å². The molecule has 0 aromatic heterocycles. The van der Waals surface area contributed by atoms with E-state index in [-0.39, 0.29) is 0 Å². The average molecular weight is 397 g/mol. The molecule has 4 rings (SSSR count). The lowest BCUT2D eigenvalue weighted by Crippen LogP contribution is -1.99. The van der Waals surface area contributed by atoms with Gasteiger partial charge in [-0.3, -0.25) is 4.99 Å². The van der Waals surface area contributed by atoms with Crippen LogP contribution in [0, 0.1) is 0 Å². The smallest absolute Gasteiger partial charge is 0.161 e. The van der Waals surface area contributed by atoms with Crippen molar-refractivity contribution in [3.63, 3.8) is 0 Å². The van der Waals surface area contributed by atoms with Gasteiger partial charge in [0.2, 0.25) is 0 Å². The first-order valence-electron chi connectivity index (χ1n) is 9.72. The van der Waals surface area contributed by atoms with E-state index in [1.165, 1.54) is 10.8 Å². The lowest BCUT2D eigenvalue weighted by atomic mass is 10.1. The predicted molar refractivity (Wildman–Crippen MR) is 122 cm³/mol. The molecule has 0 N–H and O–H groups in total. The maximum atomic E-state index is 6.08. The van der Waals surface area contributed by atoms with E-state index in [1.54, 1.807) is 20.4 Å². The second-order valence-electron chi connectivity index (χ2n) is 6.79. The average Bonchev–Trinajstić information content (AvgIpc) is 2.82. The monoisotopic (exact) mass is 397 g/mol. The zero-order chi connectivity index (χ0) is 20.8. The summed E-state index contributed by atoms with van der Waals surface area (Å²) in [6.45, 7) is 0.469. The minimum atomic E-state index is 0.469. The number of methoxy groups -OCH3 is 2. The van der Waals surface area contributed by atoms with Crippen LogP contribution in [-0.4, -0.2) is 20.4 Å². The Hall–Kier alpha value is -3.79. The van der Waals surface area contributed by atoms with Crippen LogP contribution in [0.3, 0.4) is 0 Å². The molecule has 0 saturated carbocycles. The Bertz CT molecular complexity index is 1160. The largest absolute Gasteiger partial charge is 0.497 e. The van der Waals surface area contributed by atoms with E-state index >= 15 is 0 Å². The normalized spacial score (nSPS) is 11.0. The highest BCUT2D eigenvalue weighted by molar-refractivity contribution is 5.85. The van der Waals surface area contributed by atoms with Gasteiger partial charge in [0.1, 0.15) is 12.4 Å². The molecule has 0 saturated heterocycles. The molecule has 0 bridgehead atoms. The molecule has 0 heterocycles. The Morgan fingerprint density at radius 3 is 2.37 bits per heavy atom. The van der Waals surface area contributed by atoms with Crippen molar-refractivity contribution < 1.29 is 14.2 Å². The van der Waals surface area contributed by atoms with Gasteiger partial charge < -0.3 is 14.2 Å². The van der Waals surface area contributed by atoms with Crippen molar-refractivity contribution in [2.45, 2.75) is 6.61 Å². The summed E-state index contributed by atoms with van der Waals surface area (Å²) < 4.78 is 16.8. The van der Waals surface area contributed by atoms with Crippen molar-refractivity contribution in [2.24, 2.45) is 4.99 Å². The van der Waals surface area contributed by atoms with Gasteiger partial charge in [0, 0.05) is 6.21 Å². The van der Waals surface area contributed by atoms with Crippen LogP contribution in [-0.2, 0) is 6.61 Å². The maximum Gasteiger partial charge on any atom is 0.161 e. The highest BCUT2D eigenvalue weighted by Crippen LogP contribution is 2.29. The molecular weight excluding hydrogens is 374 g/mol. The summed E-state index contributed by atoms with van der Waals surface area (Å²) in [7, 11) is 3.29. The van der Waals surface area contributed by atoms with Crippen molar-refractivity contribution in [2.75, 3.05) is 14.2 Å². The molecule has 0 spiro atoms. The van der Waals surface area contributed by atoms with Crippen molar-refractivity contribution in [3.8, 4) is 17.2 Å². The molecule has 4 nitrogen and oxygen atoms in total. The summed E-state index contributed by atoms with van der Waals surface area (Å²) in [4.78, 5) is 4.51. The molecule has 0 amide bonds. The van der Waals surface area contributed by atoms with Gasteiger partial charge >= 0.3 is 0 Å². The van der Waals surface area contributed by atoms with Crippen LogP contribution in [0.25, 0.3) is 10.8 Å². The van der Waals surface area contributed by atoms with Gasteiger partial charge in [0.15, 0.2) is 11.5 Å². The maximum absolute atomic E-state index is 6.08. The first-order valence-corrected chi connectivity index (χ1v) is 9.72. The zero-order valence-electron chi connectivity index (χ0n) is 17.0. The molecule has 0 aliphatic carbocycles. The van der Waals surface area contributed by atoms with Crippen LogP contribution in [0.2, 0.25) is 0 Å². The highest BCUT2D eigenvalue weighted by Gasteiger charge is 2.07. The minimum absolute atomic E-state index is 0.469. The number of ether oxygens (including phenoxy) is 3. The fourth-order valence-electron chi connectivity index (χ4n) is 3.27. The summed E-state index contributed by atoms with van der Waals surface area (Å²) in [6, 6.07) is 28.0. The third-order valence-corrected chi connectivity index (χ3v) is 4.89. The van der Waals surface area contributed by atoms with Crippen molar-refractivity contribution >= 4 is 22.7 Å². The summed E-state index contributed by atoms with van der Waals surface area (Å²) in [6.07, 6.45) is 1.80. The Labute approximate surface area is 176 Å². The van der Waals surface area contributed by atoms with E-state index in [1.807, 2.05) is 54.6 Å². The fourth-order valence-corrected chi connectivity index (χ4v) is 3.27. The van der Waals surface area contributed by atoms with Crippen LogP contribution in [0.1, 0.15) is 11.1 Å². The predicted octanol–water partition coefficient (Wildman–Crippen LogP) is 6.19. The fraction of sp³-hybridized carbons (Fsp3) is 0.115. The second kappa shape index (κ2) is 9.14. The van der Waals surface area contributed by atoms with Gasteiger partial charge in [0.25, 0.3) is 0 Å². The number of hydrogen-bond donors (Lipinski definition) is 0. The molecule has 0 fully saturated rings. The molecule has 4 aromatic rings. The molecule has 4 aromatic carbocycles. The number of fused-ring (bicyclic) bond motifs is 1. The SMILES string of the molecule is COc1ccc(N=Cc2ccc(OCc3cccc4ccccc34)c(OC)c2)cc1. The number of rotatable bonds is 7. The lowest BCUT2D eigenvalue weighted by molar-refractivity contribution is 0.285. The number of benzene rings is 4. The van der Waals surface area contributed by atoms with Gasteiger partial charge in [-0.1, -0.05) is 42.5 Å². The van der Waals surface area contributed by atoms with Gasteiger partial charge in [-0.15, -0.1) is 0 Å². The van der Waals surface area contributed by atoms with Crippen LogP contribution < -0.4 is 14.2 Å². The highest BCUT2D eigenvalue weighted by atomic mass is 16.5. The van der Waals surface area contributed by atoms with E-state index in [4.69, 9.17) is 14.2 Å².